The van der Waals surface area contributed by atoms with Crippen LogP contribution in [0.25, 0.3) is 0 Å². The van der Waals surface area contributed by atoms with E-state index in [9.17, 15) is 13.5 Å². The molecular formula is C16H25NO3S. The van der Waals surface area contributed by atoms with E-state index in [1.54, 1.807) is 12.1 Å². The molecule has 5 heteroatoms. The van der Waals surface area contributed by atoms with Gasteiger partial charge >= 0.3 is 0 Å². The van der Waals surface area contributed by atoms with Crippen molar-refractivity contribution in [1.29, 1.82) is 0 Å². The van der Waals surface area contributed by atoms with E-state index in [1.165, 1.54) is 0 Å². The number of benzene rings is 1. The standard InChI is InChI=1S/C16H25NO3S/c1-3-14-4-6-15(7-5-14)21(19,20)17-16(12-18)10-8-13(2)9-11-16/h4-7,13,17-18H,3,8-12H2,1-2H3. The van der Waals surface area contributed by atoms with Gasteiger partial charge in [0.1, 0.15) is 0 Å². The number of rotatable bonds is 5. The summed E-state index contributed by atoms with van der Waals surface area (Å²) >= 11 is 0. The van der Waals surface area contributed by atoms with Crippen molar-refractivity contribution < 1.29 is 13.5 Å². The minimum absolute atomic E-state index is 0.147. The van der Waals surface area contributed by atoms with Crippen molar-refractivity contribution in [2.75, 3.05) is 6.61 Å². The highest BCUT2D eigenvalue weighted by Gasteiger charge is 2.37. The first-order chi connectivity index (χ1) is 9.91. The van der Waals surface area contributed by atoms with E-state index in [2.05, 4.69) is 11.6 Å². The number of sulfonamides is 1. The zero-order valence-electron chi connectivity index (χ0n) is 12.8. The molecule has 21 heavy (non-hydrogen) atoms. The summed E-state index contributed by atoms with van der Waals surface area (Å²) in [5.74, 6) is 0.595. The first-order valence-corrected chi connectivity index (χ1v) is 9.13. The maximum absolute atomic E-state index is 12.5. The van der Waals surface area contributed by atoms with E-state index < -0.39 is 15.6 Å². The van der Waals surface area contributed by atoms with Gasteiger partial charge in [-0.3, -0.25) is 0 Å². The molecule has 0 bridgehead atoms. The molecule has 2 rings (SSSR count). The molecule has 2 N–H and O–H groups in total. The second-order valence-electron chi connectivity index (χ2n) is 6.22. The van der Waals surface area contributed by atoms with Crippen molar-refractivity contribution in [3.8, 4) is 0 Å². The number of nitrogens with one attached hydrogen (secondary N) is 1. The Labute approximate surface area is 127 Å². The monoisotopic (exact) mass is 311 g/mol. The summed E-state index contributed by atoms with van der Waals surface area (Å²) in [6, 6.07) is 6.95. The van der Waals surface area contributed by atoms with Crippen molar-refractivity contribution in [3.63, 3.8) is 0 Å². The normalized spacial score (nSPS) is 26.7. The van der Waals surface area contributed by atoms with Crippen LogP contribution in [0.15, 0.2) is 29.2 Å². The van der Waals surface area contributed by atoms with Crippen LogP contribution >= 0.6 is 0 Å². The molecule has 0 amide bonds. The van der Waals surface area contributed by atoms with Gasteiger partial charge in [0.2, 0.25) is 10.0 Å². The van der Waals surface area contributed by atoms with Crippen LogP contribution in [-0.4, -0.2) is 25.7 Å². The predicted octanol–water partition coefficient (Wildman–Crippen LogP) is 2.47. The van der Waals surface area contributed by atoms with Crippen LogP contribution in [0.5, 0.6) is 0 Å². The number of hydrogen-bond donors (Lipinski definition) is 2. The zero-order valence-corrected chi connectivity index (χ0v) is 13.6. The van der Waals surface area contributed by atoms with Gasteiger partial charge in [0.25, 0.3) is 0 Å². The highest BCUT2D eigenvalue weighted by atomic mass is 32.2. The van der Waals surface area contributed by atoms with Crippen LogP contribution in [0, 0.1) is 5.92 Å². The number of aliphatic hydroxyl groups is 1. The second-order valence-corrected chi connectivity index (χ2v) is 7.91. The first kappa shape index (κ1) is 16.5. The van der Waals surface area contributed by atoms with E-state index in [0.717, 1.165) is 24.8 Å². The van der Waals surface area contributed by atoms with E-state index in [-0.39, 0.29) is 11.5 Å². The lowest BCUT2D eigenvalue weighted by Gasteiger charge is -2.38. The van der Waals surface area contributed by atoms with Gasteiger partial charge in [-0.2, -0.15) is 0 Å². The molecule has 1 aliphatic rings. The Kier molecular flexibility index (Phi) is 5.07. The van der Waals surface area contributed by atoms with Gasteiger partial charge in [-0.15, -0.1) is 0 Å². The summed E-state index contributed by atoms with van der Waals surface area (Å²) in [4.78, 5) is 0.270. The molecule has 0 aromatic heterocycles. The summed E-state index contributed by atoms with van der Waals surface area (Å²) in [5, 5.41) is 9.69. The van der Waals surface area contributed by atoms with Gasteiger partial charge < -0.3 is 5.11 Å². The average molecular weight is 311 g/mol. The average Bonchev–Trinajstić information content (AvgIpc) is 2.50. The molecular weight excluding hydrogens is 286 g/mol. The topological polar surface area (TPSA) is 66.4 Å². The Hall–Kier alpha value is -0.910. The lowest BCUT2D eigenvalue weighted by molar-refractivity contribution is 0.125. The number of aryl methyl sites for hydroxylation is 1. The Morgan fingerprint density at radius 1 is 1.24 bits per heavy atom. The minimum Gasteiger partial charge on any atom is -0.394 e. The lowest BCUT2D eigenvalue weighted by Crippen LogP contribution is -2.53. The lowest BCUT2D eigenvalue weighted by atomic mass is 9.78. The zero-order chi connectivity index (χ0) is 15.5. The second kappa shape index (κ2) is 6.46. The van der Waals surface area contributed by atoms with Crippen molar-refractivity contribution in [1.82, 2.24) is 4.72 Å². The fourth-order valence-electron chi connectivity index (χ4n) is 2.86. The smallest absolute Gasteiger partial charge is 0.241 e. The van der Waals surface area contributed by atoms with Gasteiger partial charge in [-0.1, -0.05) is 26.0 Å². The third kappa shape index (κ3) is 3.84. The van der Waals surface area contributed by atoms with Gasteiger partial charge in [0.05, 0.1) is 17.0 Å². The largest absolute Gasteiger partial charge is 0.394 e. The molecule has 0 radical (unpaired) electrons. The summed E-state index contributed by atoms with van der Waals surface area (Å²) in [6.45, 7) is 4.05. The fourth-order valence-corrected chi connectivity index (χ4v) is 4.31. The molecule has 1 aliphatic carbocycles. The minimum atomic E-state index is -3.58. The van der Waals surface area contributed by atoms with Crippen molar-refractivity contribution >= 4 is 10.0 Å². The van der Waals surface area contributed by atoms with Crippen LogP contribution in [0.4, 0.5) is 0 Å². The van der Waals surface area contributed by atoms with E-state index in [0.29, 0.717) is 18.8 Å². The highest BCUT2D eigenvalue weighted by molar-refractivity contribution is 7.89. The molecule has 0 atom stereocenters. The molecule has 4 nitrogen and oxygen atoms in total. The molecule has 1 aromatic carbocycles. The van der Waals surface area contributed by atoms with E-state index in [1.807, 2.05) is 19.1 Å². The van der Waals surface area contributed by atoms with Crippen LogP contribution in [0.2, 0.25) is 0 Å². The summed E-state index contributed by atoms with van der Waals surface area (Å²) < 4.78 is 27.8. The molecule has 0 saturated heterocycles. The Morgan fingerprint density at radius 3 is 2.29 bits per heavy atom. The van der Waals surface area contributed by atoms with Crippen LogP contribution in [0.3, 0.4) is 0 Å². The summed E-state index contributed by atoms with van der Waals surface area (Å²) in [7, 11) is -3.58. The number of hydrogen-bond acceptors (Lipinski definition) is 3. The SMILES string of the molecule is CCc1ccc(S(=O)(=O)NC2(CO)CCC(C)CC2)cc1. The molecule has 0 aliphatic heterocycles. The maximum Gasteiger partial charge on any atom is 0.241 e. The van der Waals surface area contributed by atoms with Crippen LogP contribution in [0.1, 0.15) is 45.1 Å². The Morgan fingerprint density at radius 2 is 1.81 bits per heavy atom. The summed E-state index contributed by atoms with van der Waals surface area (Å²) in [6.07, 6.45) is 4.15. The van der Waals surface area contributed by atoms with E-state index in [4.69, 9.17) is 0 Å². The maximum atomic E-state index is 12.5. The quantitative estimate of drug-likeness (QED) is 0.878. The van der Waals surface area contributed by atoms with Crippen molar-refractivity contribution in [3.05, 3.63) is 29.8 Å². The van der Waals surface area contributed by atoms with E-state index >= 15 is 0 Å². The van der Waals surface area contributed by atoms with Crippen molar-refractivity contribution in [2.45, 2.75) is 56.4 Å². The molecule has 0 unspecified atom stereocenters. The molecule has 1 saturated carbocycles. The fraction of sp³-hybridized carbons (Fsp3) is 0.625. The van der Waals surface area contributed by atoms with Gasteiger partial charge in [-0.05, 0) is 55.7 Å². The number of aliphatic hydroxyl groups excluding tert-OH is 1. The molecule has 1 fully saturated rings. The van der Waals surface area contributed by atoms with Gasteiger partial charge in [0.15, 0.2) is 0 Å². The Balaban J connectivity index is 2.18. The van der Waals surface area contributed by atoms with Gasteiger partial charge in [0, 0.05) is 0 Å². The van der Waals surface area contributed by atoms with Crippen LogP contribution in [-0.2, 0) is 16.4 Å². The Bertz CT molecular complexity index is 558. The molecule has 1 aromatic rings. The van der Waals surface area contributed by atoms with Crippen molar-refractivity contribution in [2.24, 2.45) is 5.92 Å². The molecule has 0 heterocycles. The molecule has 0 spiro atoms. The molecule has 118 valence electrons. The van der Waals surface area contributed by atoms with Crippen LogP contribution < -0.4 is 4.72 Å². The van der Waals surface area contributed by atoms with Gasteiger partial charge in [-0.25, -0.2) is 13.1 Å². The first-order valence-electron chi connectivity index (χ1n) is 7.64. The highest BCUT2D eigenvalue weighted by Crippen LogP contribution is 2.32. The summed E-state index contributed by atoms with van der Waals surface area (Å²) in [5.41, 5.74) is 0.409. The predicted molar refractivity (Wildman–Crippen MR) is 83.6 cm³/mol. The third-order valence-electron chi connectivity index (χ3n) is 4.53. The third-order valence-corrected chi connectivity index (χ3v) is 6.12.